The Morgan fingerprint density at radius 1 is 1.26 bits per heavy atom. The van der Waals surface area contributed by atoms with Crippen LogP contribution in [0.3, 0.4) is 0 Å². The van der Waals surface area contributed by atoms with E-state index in [1.54, 1.807) is 7.11 Å². The van der Waals surface area contributed by atoms with Crippen molar-refractivity contribution in [3.63, 3.8) is 0 Å². The predicted octanol–water partition coefficient (Wildman–Crippen LogP) is 3.48. The first kappa shape index (κ1) is 13.4. The molecule has 0 atom stereocenters. The minimum atomic E-state index is 0.808. The molecule has 0 aliphatic heterocycles. The van der Waals surface area contributed by atoms with Crippen LogP contribution in [-0.2, 0) is 6.42 Å². The van der Waals surface area contributed by atoms with E-state index in [2.05, 4.69) is 18.4 Å². The summed E-state index contributed by atoms with van der Waals surface area (Å²) in [6.45, 7) is 6.11. The standard InChI is InChI=1S/C16H19NO2/c1-5-15-11(2)17(12(3)16(15)10-18)13-7-6-8-14(9-13)19-4/h6-10H,5H2,1-4H3. The molecule has 3 heteroatoms. The van der Waals surface area contributed by atoms with E-state index >= 15 is 0 Å². The Balaban J connectivity index is 2.68. The number of methoxy groups -OCH3 is 1. The lowest BCUT2D eigenvalue weighted by molar-refractivity contribution is 0.112. The van der Waals surface area contributed by atoms with E-state index in [4.69, 9.17) is 4.74 Å². The zero-order valence-corrected chi connectivity index (χ0v) is 11.9. The molecular weight excluding hydrogens is 238 g/mol. The van der Waals surface area contributed by atoms with Crippen molar-refractivity contribution in [2.45, 2.75) is 27.2 Å². The van der Waals surface area contributed by atoms with Crippen LogP contribution >= 0.6 is 0 Å². The number of rotatable bonds is 4. The molecule has 0 fully saturated rings. The number of aromatic nitrogens is 1. The monoisotopic (exact) mass is 257 g/mol. The Morgan fingerprint density at radius 3 is 2.53 bits per heavy atom. The molecule has 0 radical (unpaired) electrons. The van der Waals surface area contributed by atoms with E-state index in [0.29, 0.717) is 0 Å². The Kier molecular flexibility index (Phi) is 3.74. The van der Waals surface area contributed by atoms with Gasteiger partial charge in [0, 0.05) is 28.7 Å². The molecule has 1 aromatic heterocycles. The molecule has 2 rings (SSSR count). The molecular formula is C16H19NO2. The zero-order chi connectivity index (χ0) is 14.0. The lowest BCUT2D eigenvalue weighted by Crippen LogP contribution is -2.00. The lowest BCUT2D eigenvalue weighted by atomic mass is 10.1. The van der Waals surface area contributed by atoms with Gasteiger partial charge in [0.25, 0.3) is 0 Å². The van der Waals surface area contributed by atoms with Crippen molar-refractivity contribution in [1.82, 2.24) is 4.57 Å². The molecule has 0 amide bonds. The zero-order valence-electron chi connectivity index (χ0n) is 11.9. The minimum absolute atomic E-state index is 0.808. The van der Waals surface area contributed by atoms with Gasteiger partial charge in [-0.05, 0) is 38.0 Å². The second-order valence-corrected chi connectivity index (χ2v) is 4.57. The van der Waals surface area contributed by atoms with Crippen molar-refractivity contribution in [3.8, 4) is 11.4 Å². The van der Waals surface area contributed by atoms with Crippen LogP contribution in [0.1, 0.15) is 34.2 Å². The van der Waals surface area contributed by atoms with E-state index in [-0.39, 0.29) is 0 Å². The lowest BCUT2D eigenvalue weighted by Gasteiger charge is -2.11. The summed E-state index contributed by atoms with van der Waals surface area (Å²) in [5.41, 5.74) is 5.06. The molecule has 0 bridgehead atoms. The van der Waals surface area contributed by atoms with E-state index in [1.165, 1.54) is 0 Å². The van der Waals surface area contributed by atoms with Crippen LogP contribution in [-0.4, -0.2) is 18.0 Å². The number of nitrogens with zero attached hydrogens (tertiary/aromatic N) is 1. The minimum Gasteiger partial charge on any atom is -0.497 e. The Hall–Kier alpha value is -2.03. The van der Waals surface area contributed by atoms with Crippen molar-refractivity contribution in [3.05, 3.63) is 46.8 Å². The van der Waals surface area contributed by atoms with Gasteiger partial charge in [0.15, 0.2) is 6.29 Å². The molecule has 0 saturated carbocycles. The molecule has 0 spiro atoms. The van der Waals surface area contributed by atoms with Crippen LogP contribution in [0.15, 0.2) is 24.3 Å². The molecule has 0 aliphatic carbocycles. The number of carbonyl (C=O) groups is 1. The van der Waals surface area contributed by atoms with Crippen LogP contribution in [0.25, 0.3) is 5.69 Å². The quantitative estimate of drug-likeness (QED) is 0.785. The molecule has 1 heterocycles. The average molecular weight is 257 g/mol. The first-order valence-corrected chi connectivity index (χ1v) is 6.44. The summed E-state index contributed by atoms with van der Waals surface area (Å²) in [4.78, 5) is 11.3. The highest BCUT2D eigenvalue weighted by atomic mass is 16.5. The summed E-state index contributed by atoms with van der Waals surface area (Å²) in [7, 11) is 1.66. The normalized spacial score (nSPS) is 10.5. The molecule has 2 aromatic rings. The fourth-order valence-electron chi connectivity index (χ4n) is 2.66. The fourth-order valence-corrected chi connectivity index (χ4v) is 2.66. The van der Waals surface area contributed by atoms with Gasteiger partial charge in [0.05, 0.1) is 7.11 Å². The van der Waals surface area contributed by atoms with Crippen LogP contribution < -0.4 is 4.74 Å². The number of ether oxygens (including phenoxy) is 1. The second kappa shape index (κ2) is 5.31. The van der Waals surface area contributed by atoms with Crippen LogP contribution in [0.2, 0.25) is 0 Å². The largest absolute Gasteiger partial charge is 0.497 e. The first-order chi connectivity index (χ1) is 9.13. The smallest absolute Gasteiger partial charge is 0.152 e. The maximum atomic E-state index is 11.3. The summed E-state index contributed by atoms with van der Waals surface area (Å²) in [6.07, 6.45) is 1.82. The number of hydrogen-bond donors (Lipinski definition) is 0. The maximum absolute atomic E-state index is 11.3. The highest BCUT2D eigenvalue weighted by molar-refractivity contribution is 5.80. The number of benzene rings is 1. The van der Waals surface area contributed by atoms with Gasteiger partial charge in [-0.15, -0.1) is 0 Å². The summed E-state index contributed by atoms with van der Waals surface area (Å²) in [5, 5.41) is 0. The van der Waals surface area contributed by atoms with Gasteiger partial charge in [-0.3, -0.25) is 4.79 Å². The Morgan fingerprint density at radius 2 is 2.00 bits per heavy atom. The van der Waals surface area contributed by atoms with Gasteiger partial charge >= 0.3 is 0 Å². The van der Waals surface area contributed by atoms with Gasteiger partial charge in [0.2, 0.25) is 0 Å². The van der Waals surface area contributed by atoms with Crippen molar-refractivity contribution in [1.29, 1.82) is 0 Å². The molecule has 0 aliphatic rings. The first-order valence-electron chi connectivity index (χ1n) is 6.44. The fraction of sp³-hybridized carbons (Fsp3) is 0.312. The van der Waals surface area contributed by atoms with Crippen molar-refractivity contribution in [2.75, 3.05) is 7.11 Å². The molecule has 3 nitrogen and oxygen atoms in total. The van der Waals surface area contributed by atoms with Crippen molar-refractivity contribution >= 4 is 6.29 Å². The summed E-state index contributed by atoms with van der Waals surface area (Å²) in [6, 6.07) is 7.88. The molecule has 0 unspecified atom stereocenters. The molecule has 100 valence electrons. The van der Waals surface area contributed by atoms with Gasteiger partial charge in [-0.1, -0.05) is 13.0 Å². The highest BCUT2D eigenvalue weighted by Crippen LogP contribution is 2.27. The van der Waals surface area contributed by atoms with Gasteiger partial charge < -0.3 is 9.30 Å². The van der Waals surface area contributed by atoms with E-state index in [9.17, 15) is 4.79 Å². The van der Waals surface area contributed by atoms with E-state index in [0.717, 1.165) is 46.7 Å². The molecule has 0 N–H and O–H groups in total. The predicted molar refractivity (Wildman–Crippen MR) is 76.6 cm³/mol. The third-order valence-corrected chi connectivity index (χ3v) is 3.61. The summed E-state index contributed by atoms with van der Waals surface area (Å²) in [5.74, 6) is 0.815. The topological polar surface area (TPSA) is 31.2 Å². The maximum Gasteiger partial charge on any atom is 0.152 e. The highest BCUT2D eigenvalue weighted by Gasteiger charge is 2.16. The van der Waals surface area contributed by atoms with Crippen LogP contribution in [0.5, 0.6) is 5.75 Å². The van der Waals surface area contributed by atoms with Gasteiger partial charge in [-0.25, -0.2) is 0 Å². The molecule has 0 saturated heterocycles. The SMILES string of the molecule is CCc1c(C=O)c(C)n(-c2cccc(OC)c2)c1C. The van der Waals surface area contributed by atoms with Gasteiger partial charge in [-0.2, -0.15) is 0 Å². The average Bonchev–Trinajstić information content (AvgIpc) is 2.68. The van der Waals surface area contributed by atoms with Gasteiger partial charge in [0.1, 0.15) is 5.75 Å². The van der Waals surface area contributed by atoms with Crippen LogP contribution in [0.4, 0.5) is 0 Å². The van der Waals surface area contributed by atoms with Crippen molar-refractivity contribution in [2.24, 2.45) is 0 Å². The Labute approximate surface area is 113 Å². The number of hydrogen-bond acceptors (Lipinski definition) is 2. The number of aldehydes is 1. The van der Waals surface area contributed by atoms with E-state index in [1.807, 2.05) is 31.2 Å². The van der Waals surface area contributed by atoms with E-state index < -0.39 is 0 Å². The third-order valence-electron chi connectivity index (χ3n) is 3.61. The third kappa shape index (κ3) is 2.16. The molecule has 19 heavy (non-hydrogen) atoms. The van der Waals surface area contributed by atoms with Crippen LogP contribution in [0, 0.1) is 13.8 Å². The summed E-state index contributed by atoms with van der Waals surface area (Å²) < 4.78 is 7.38. The summed E-state index contributed by atoms with van der Waals surface area (Å²) >= 11 is 0. The van der Waals surface area contributed by atoms with Crippen molar-refractivity contribution < 1.29 is 9.53 Å². The molecule has 1 aromatic carbocycles. The second-order valence-electron chi connectivity index (χ2n) is 4.57. The number of carbonyl (C=O) groups excluding carboxylic acids is 1. The Bertz CT molecular complexity index is 611.